The normalized spacial score (nSPS) is 21.6. The van der Waals surface area contributed by atoms with Gasteiger partial charge in [-0.2, -0.15) is 0 Å². The molecular weight excluding hydrogens is 238 g/mol. The fourth-order valence-corrected chi connectivity index (χ4v) is 3.17. The fourth-order valence-electron chi connectivity index (χ4n) is 3.17. The van der Waals surface area contributed by atoms with E-state index in [2.05, 4.69) is 17.4 Å². The number of piperidine rings is 1. The molecule has 2 aliphatic rings. The molecular formula is C15H21N3O. The van der Waals surface area contributed by atoms with Crippen LogP contribution in [-0.2, 0) is 11.2 Å². The van der Waals surface area contributed by atoms with Crippen LogP contribution in [0.15, 0.2) is 18.2 Å². The Kier molecular flexibility index (Phi) is 3.29. The SMILES string of the molecule is CN1C(=O)Cc2cc(C(N)C3CCNCC3)ccc21. The van der Waals surface area contributed by atoms with Crippen LogP contribution in [0, 0.1) is 5.92 Å². The molecule has 102 valence electrons. The van der Waals surface area contributed by atoms with Crippen molar-refractivity contribution in [3.63, 3.8) is 0 Å². The smallest absolute Gasteiger partial charge is 0.231 e. The predicted octanol–water partition coefficient (Wildman–Crippen LogP) is 1.20. The van der Waals surface area contributed by atoms with Gasteiger partial charge in [-0.05, 0) is 49.0 Å². The summed E-state index contributed by atoms with van der Waals surface area (Å²) in [5, 5.41) is 3.37. The van der Waals surface area contributed by atoms with Crippen LogP contribution in [-0.4, -0.2) is 26.0 Å². The van der Waals surface area contributed by atoms with E-state index in [1.165, 1.54) is 5.56 Å². The van der Waals surface area contributed by atoms with Gasteiger partial charge in [0, 0.05) is 18.8 Å². The number of rotatable bonds is 2. The second-order valence-corrected chi connectivity index (χ2v) is 5.63. The molecule has 2 heterocycles. The lowest BCUT2D eigenvalue weighted by Crippen LogP contribution is -2.33. The van der Waals surface area contributed by atoms with Gasteiger partial charge in [0.15, 0.2) is 0 Å². The number of fused-ring (bicyclic) bond motifs is 1. The van der Waals surface area contributed by atoms with Crippen LogP contribution in [0.3, 0.4) is 0 Å². The van der Waals surface area contributed by atoms with Crippen LogP contribution < -0.4 is 16.0 Å². The van der Waals surface area contributed by atoms with Crippen molar-refractivity contribution in [1.29, 1.82) is 0 Å². The van der Waals surface area contributed by atoms with Crippen molar-refractivity contribution in [3.8, 4) is 0 Å². The maximum atomic E-state index is 11.7. The van der Waals surface area contributed by atoms with E-state index in [0.29, 0.717) is 12.3 Å². The number of likely N-dealkylation sites (N-methyl/N-ethyl adjacent to an activating group) is 1. The topological polar surface area (TPSA) is 58.4 Å². The number of hydrogen-bond acceptors (Lipinski definition) is 3. The molecule has 1 saturated heterocycles. The lowest BCUT2D eigenvalue weighted by atomic mass is 9.86. The number of benzene rings is 1. The lowest BCUT2D eigenvalue weighted by molar-refractivity contribution is -0.117. The molecule has 1 atom stereocenters. The van der Waals surface area contributed by atoms with Crippen LogP contribution in [0.4, 0.5) is 5.69 Å². The van der Waals surface area contributed by atoms with Crippen molar-refractivity contribution in [1.82, 2.24) is 5.32 Å². The third kappa shape index (κ3) is 2.26. The molecule has 19 heavy (non-hydrogen) atoms. The average molecular weight is 259 g/mol. The maximum absolute atomic E-state index is 11.7. The molecule has 3 N–H and O–H groups in total. The van der Waals surface area contributed by atoms with Gasteiger partial charge in [-0.1, -0.05) is 12.1 Å². The summed E-state index contributed by atoms with van der Waals surface area (Å²) in [6.07, 6.45) is 2.78. The molecule has 0 aromatic heterocycles. The number of nitrogens with two attached hydrogens (primary N) is 1. The Balaban J connectivity index is 1.82. The summed E-state index contributed by atoms with van der Waals surface area (Å²) in [6, 6.07) is 6.34. The number of anilines is 1. The first-order chi connectivity index (χ1) is 9.16. The molecule has 0 saturated carbocycles. The van der Waals surface area contributed by atoms with E-state index in [1.807, 2.05) is 13.1 Å². The van der Waals surface area contributed by atoms with E-state index in [4.69, 9.17) is 5.73 Å². The molecule has 1 aromatic carbocycles. The second kappa shape index (κ2) is 4.94. The molecule has 0 bridgehead atoms. The van der Waals surface area contributed by atoms with Gasteiger partial charge < -0.3 is 16.0 Å². The summed E-state index contributed by atoms with van der Waals surface area (Å²) in [5.41, 5.74) is 9.73. The van der Waals surface area contributed by atoms with E-state index in [1.54, 1.807) is 4.90 Å². The number of carbonyl (C=O) groups excluding carboxylic acids is 1. The van der Waals surface area contributed by atoms with Gasteiger partial charge in [0.1, 0.15) is 0 Å². The third-order valence-corrected chi connectivity index (χ3v) is 4.46. The first-order valence-electron chi connectivity index (χ1n) is 7.02. The second-order valence-electron chi connectivity index (χ2n) is 5.63. The third-order valence-electron chi connectivity index (χ3n) is 4.46. The van der Waals surface area contributed by atoms with Gasteiger partial charge in [0.05, 0.1) is 6.42 Å². The van der Waals surface area contributed by atoms with Crippen molar-refractivity contribution in [2.45, 2.75) is 25.3 Å². The Morgan fingerprint density at radius 3 is 2.84 bits per heavy atom. The van der Waals surface area contributed by atoms with E-state index < -0.39 is 0 Å². The highest BCUT2D eigenvalue weighted by atomic mass is 16.2. The summed E-state index contributed by atoms with van der Waals surface area (Å²) >= 11 is 0. The molecule has 0 radical (unpaired) electrons. The Morgan fingerprint density at radius 1 is 1.37 bits per heavy atom. The Hall–Kier alpha value is -1.39. The minimum absolute atomic E-state index is 0.0911. The number of carbonyl (C=O) groups is 1. The van der Waals surface area contributed by atoms with Crippen LogP contribution >= 0.6 is 0 Å². The Labute approximate surface area is 114 Å². The van der Waals surface area contributed by atoms with E-state index >= 15 is 0 Å². The van der Waals surface area contributed by atoms with Gasteiger partial charge in [-0.25, -0.2) is 0 Å². The van der Waals surface area contributed by atoms with Gasteiger partial charge in [-0.15, -0.1) is 0 Å². The van der Waals surface area contributed by atoms with Crippen molar-refractivity contribution in [2.24, 2.45) is 11.7 Å². The first kappa shape index (κ1) is 12.6. The predicted molar refractivity (Wildman–Crippen MR) is 76.1 cm³/mol. The number of hydrogen-bond donors (Lipinski definition) is 2. The molecule has 0 spiro atoms. The highest BCUT2D eigenvalue weighted by Gasteiger charge is 2.27. The van der Waals surface area contributed by atoms with Crippen molar-refractivity contribution in [2.75, 3.05) is 25.0 Å². The quantitative estimate of drug-likeness (QED) is 0.839. The molecule has 1 fully saturated rings. The fraction of sp³-hybridized carbons (Fsp3) is 0.533. The van der Waals surface area contributed by atoms with Crippen molar-refractivity contribution >= 4 is 11.6 Å². The zero-order chi connectivity index (χ0) is 13.4. The Morgan fingerprint density at radius 2 is 2.11 bits per heavy atom. The van der Waals surface area contributed by atoms with Crippen LogP contribution in [0.2, 0.25) is 0 Å². The molecule has 3 rings (SSSR count). The monoisotopic (exact) mass is 259 g/mol. The minimum atomic E-state index is 0.0911. The zero-order valence-corrected chi connectivity index (χ0v) is 11.4. The van der Waals surface area contributed by atoms with E-state index in [-0.39, 0.29) is 11.9 Å². The number of amides is 1. The summed E-state index contributed by atoms with van der Waals surface area (Å²) in [7, 11) is 1.83. The number of nitrogens with zero attached hydrogens (tertiary/aromatic N) is 1. The van der Waals surface area contributed by atoms with E-state index in [0.717, 1.165) is 37.2 Å². The summed E-state index contributed by atoms with van der Waals surface area (Å²) < 4.78 is 0. The highest BCUT2D eigenvalue weighted by Crippen LogP contribution is 2.33. The van der Waals surface area contributed by atoms with Crippen LogP contribution in [0.25, 0.3) is 0 Å². The summed E-state index contributed by atoms with van der Waals surface area (Å²) in [4.78, 5) is 13.4. The maximum Gasteiger partial charge on any atom is 0.231 e. The highest BCUT2D eigenvalue weighted by molar-refractivity contribution is 6.00. The summed E-state index contributed by atoms with van der Waals surface area (Å²) in [5.74, 6) is 0.719. The van der Waals surface area contributed by atoms with Crippen LogP contribution in [0.5, 0.6) is 0 Å². The molecule has 0 aliphatic carbocycles. The standard InChI is InChI=1S/C15H21N3O/c1-18-13-3-2-11(8-12(13)9-14(18)19)15(16)10-4-6-17-7-5-10/h2-3,8,10,15,17H,4-7,9,16H2,1H3. The van der Waals surface area contributed by atoms with Crippen molar-refractivity contribution < 1.29 is 4.79 Å². The van der Waals surface area contributed by atoms with Crippen molar-refractivity contribution in [3.05, 3.63) is 29.3 Å². The molecule has 1 amide bonds. The molecule has 4 heteroatoms. The molecule has 4 nitrogen and oxygen atoms in total. The van der Waals surface area contributed by atoms with Gasteiger partial charge in [0.25, 0.3) is 0 Å². The average Bonchev–Trinajstić information content (AvgIpc) is 2.74. The van der Waals surface area contributed by atoms with E-state index in [9.17, 15) is 4.79 Å². The summed E-state index contributed by atoms with van der Waals surface area (Å²) in [6.45, 7) is 2.12. The lowest BCUT2D eigenvalue weighted by Gasteiger charge is -2.28. The van der Waals surface area contributed by atoms with Crippen LogP contribution in [0.1, 0.15) is 30.0 Å². The minimum Gasteiger partial charge on any atom is -0.324 e. The molecule has 1 aromatic rings. The first-order valence-corrected chi connectivity index (χ1v) is 7.02. The molecule has 2 aliphatic heterocycles. The van der Waals surface area contributed by atoms with Gasteiger partial charge in [-0.3, -0.25) is 4.79 Å². The van der Waals surface area contributed by atoms with Gasteiger partial charge in [0.2, 0.25) is 5.91 Å². The van der Waals surface area contributed by atoms with Gasteiger partial charge >= 0.3 is 0 Å². The largest absolute Gasteiger partial charge is 0.324 e. The molecule has 1 unspecified atom stereocenters. The zero-order valence-electron chi connectivity index (χ0n) is 11.4. The number of nitrogens with one attached hydrogen (secondary N) is 1. The Bertz CT molecular complexity index is 494.